The van der Waals surface area contributed by atoms with Gasteiger partial charge in [-0.25, -0.2) is 0 Å². The lowest BCUT2D eigenvalue weighted by atomic mass is 9.80. The van der Waals surface area contributed by atoms with Gasteiger partial charge in [0.2, 0.25) is 0 Å². The van der Waals surface area contributed by atoms with Gasteiger partial charge in [-0.3, -0.25) is 0 Å². The summed E-state index contributed by atoms with van der Waals surface area (Å²) in [5, 5.41) is 3.47. The molecule has 2 unspecified atom stereocenters. The third-order valence-corrected chi connectivity index (χ3v) is 3.57. The molecule has 0 aromatic carbocycles. The van der Waals surface area contributed by atoms with Crippen molar-refractivity contribution in [2.24, 2.45) is 11.8 Å². The quantitative estimate of drug-likeness (QED) is 0.422. The molecule has 2 heteroatoms. The van der Waals surface area contributed by atoms with Crippen molar-refractivity contribution in [3.63, 3.8) is 0 Å². The lowest BCUT2D eigenvalue weighted by Crippen LogP contribution is -2.31. The largest absolute Gasteiger partial charge is 0.313 e. The highest BCUT2D eigenvalue weighted by Crippen LogP contribution is 2.30. The van der Waals surface area contributed by atoms with Gasteiger partial charge in [-0.1, -0.05) is 25.0 Å². The molecule has 1 nitrogen and oxygen atoms in total. The minimum absolute atomic E-state index is 0.753. The maximum Gasteiger partial charge on any atom is 0.0254 e. The van der Waals surface area contributed by atoms with Crippen molar-refractivity contribution in [2.45, 2.75) is 32.6 Å². The second-order valence-electron chi connectivity index (χ2n) is 4.19. The molecular weight excluding hydrogens is 194 g/mol. The number of halogens is 1. The molecule has 82 valence electrons. The minimum Gasteiger partial charge on any atom is -0.313 e. The van der Waals surface area contributed by atoms with Gasteiger partial charge in [0.05, 0.1) is 0 Å². The smallest absolute Gasteiger partial charge is 0.0254 e. The fourth-order valence-corrected chi connectivity index (χ4v) is 2.63. The van der Waals surface area contributed by atoms with Gasteiger partial charge in [0.1, 0.15) is 0 Å². The fourth-order valence-electron chi connectivity index (χ4n) is 2.23. The van der Waals surface area contributed by atoms with Gasteiger partial charge in [-0.15, -0.1) is 11.6 Å². The van der Waals surface area contributed by atoms with Gasteiger partial charge in [0, 0.05) is 12.4 Å². The summed E-state index contributed by atoms with van der Waals surface area (Å²) < 4.78 is 0. The number of hydrogen-bond donors (Lipinski definition) is 1. The molecule has 0 saturated heterocycles. The molecule has 0 heterocycles. The van der Waals surface area contributed by atoms with E-state index in [4.69, 9.17) is 11.6 Å². The first kappa shape index (κ1) is 12.1. The topological polar surface area (TPSA) is 12.0 Å². The first-order chi connectivity index (χ1) is 6.88. The van der Waals surface area contributed by atoms with Crippen LogP contribution in [0.2, 0.25) is 0 Å². The Hall–Kier alpha value is -0.0100. The summed E-state index contributed by atoms with van der Waals surface area (Å²) >= 11 is 5.97. The molecule has 1 fully saturated rings. The molecule has 0 radical (unpaired) electrons. The van der Waals surface area contributed by atoms with E-state index in [2.05, 4.69) is 24.4 Å². The first-order valence-electron chi connectivity index (χ1n) is 5.76. The zero-order valence-corrected chi connectivity index (χ0v) is 9.89. The van der Waals surface area contributed by atoms with Gasteiger partial charge in [0.15, 0.2) is 0 Å². The first-order valence-corrected chi connectivity index (χ1v) is 6.29. The Bertz CT molecular complexity index is 168. The molecular formula is C12H22ClN. The number of rotatable bonds is 5. The molecule has 0 amide bonds. The number of hydrogen-bond acceptors (Lipinski definition) is 1. The average molecular weight is 216 g/mol. The van der Waals surface area contributed by atoms with Crippen LogP contribution >= 0.6 is 11.6 Å². The summed E-state index contributed by atoms with van der Waals surface area (Å²) in [7, 11) is 0. The highest BCUT2D eigenvalue weighted by molar-refractivity contribution is 6.18. The van der Waals surface area contributed by atoms with E-state index >= 15 is 0 Å². The molecule has 0 aliphatic heterocycles. The van der Waals surface area contributed by atoms with Crippen LogP contribution in [0.15, 0.2) is 12.2 Å². The Balaban J connectivity index is 2.19. The molecule has 0 aromatic rings. The summed E-state index contributed by atoms with van der Waals surface area (Å²) in [6, 6.07) is 0. The summed E-state index contributed by atoms with van der Waals surface area (Å²) in [5.74, 6) is 2.41. The summed E-state index contributed by atoms with van der Waals surface area (Å²) in [5.41, 5.74) is 0. The van der Waals surface area contributed by atoms with E-state index in [9.17, 15) is 0 Å². The molecule has 1 rings (SSSR count). The van der Waals surface area contributed by atoms with Gasteiger partial charge >= 0.3 is 0 Å². The molecule has 14 heavy (non-hydrogen) atoms. The van der Waals surface area contributed by atoms with Gasteiger partial charge in [-0.2, -0.15) is 0 Å². The summed E-state index contributed by atoms with van der Waals surface area (Å²) in [6.07, 6.45) is 9.72. The van der Waals surface area contributed by atoms with E-state index in [-0.39, 0.29) is 0 Å². The number of alkyl halides is 1. The van der Waals surface area contributed by atoms with Crippen LogP contribution in [0.1, 0.15) is 32.6 Å². The number of allylic oxidation sites excluding steroid dienone is 1. The second-order valence-corrected chi connectivity index (χ2v) is 4.49. The predicted molar refractivity (Wildman–Crippen MR) is 63.9 cm³/mol. The van der Waals surface area contributed by atoms with Crippen LogP contribution < -0.4 is 5.32 Å². The third-order valence-electron chi connectivity index (χ3n) is 3.17. The van der Waals surface area contributed by atoms with E-state index in [0.29, 0.717) is 0 Å². The van der Waals surface area contributed by atoms with E-state index in [1.165, 1.54) is 25.7 Å². The highest BCUT2D eigenvalue weighted by atomic mass is 35.5. The Morgan fingerprint density at radius 2 is 2.00 bits per heavy atom. The van der Waals surface area contributed by atoms with Gasteiger partial charge in [-0.05, 0) is 38.1 Å². The van der Waals surface area contributed by atoms with E-state index in [0.717, 1.165) is 30.8 Å². The van der Waals surface area contributed by atoms with Crippen molar-refractivity contribution >= 4 is 11.6 Å². The van der Waals surface area contributed by atoms with Crippen molar-refractivity contribution in [1.82, 2.24) is 5.32 Å². The molecule has 1 aliphatic rings. The van der Waals surface area contributed by atoms with E-state index in [1.807, 2.05) is 0 Å². The van der Waals surface area contributed by atoms with Gasteiger partial charge < -0.3 is 5.32 Å². The molecule has 1 N–H and O–H groups in total. The molecule has 0 aromatic heterocycles. The third kappa shape index (κ3) is 4.02. The zero-order chi connectivity index (χ0) is 10.2. The van der Waals surface area contributed by atoms with Crippen molar-refractivity contribution in [1.29, 1.82) is 0 Å². The standard InChI is InChI=1S/C12H22ClN/c1-2-3-8-14-10-12-7-5-4-6-11(12)9-13/h2-3,11-12,14H,4-10H2,1H3/b3-2+. The monoisotopic (exact) mass is 215 g/mol. The Morgan fingerprint density at radius 1 is 1.29 bits per heavy atom. The zero-order valence-electron chi connectivity index (χ0n) is 9.14. The fraction of sp³-hybridized carbons (Fsp3) is 0.833. The summed E-state index contributed by atoms with van der Waals surface area (Å²) in [6.45, 7) is 4.20. The number of nitrogens with one attached hydrogen (secondary N) is 1. The lowest BCUT2D eigenvalue weighted by Gasteiger charge is -2.30. The Kier molecular flexibility index (Phi) is 6.29. The molecule has 2 atom stereocenters. The van der Waals surface area contributed by atoms with Crippen LogP contribution in [0.4, 0.5) is 0 Å². The van der Waals surface area contributed by atoms with Crippen LogP contribution in [0, 0.1) is 11.8 Å². The Morgan fingerprint density at radius 3 is 2.64 bits per heavy atom. The van der Waals surface area contributed by atoms with Crippen LogP contribution in [0.3, 0.4) is 0 Å². The van der Waals surface area contributed by atoms with Crippen molar-refractivity contribution in [2.75, 3.05) is 19.0 Å². The van der Waals surface area contributed by atoms with Gasteiger partial charge in [0.25, 0.3) is 0 Å². The van der Waals surface area contributed by atoms with Crippen LogP contribution in [0.25, 0.3) is 0 Å². The van der Waals surface area contributed by atoms with Crippen molar-refractivity contribution in [3.05, 3.63) is 12.2 Å². The van der Waals surface area contributed by atoms with Crippen LogP contribution in [-0.2, 0) is 0 Å². The Labute approximate surface area is 92.9 Å². The predicted octanol–water partition coefficient (Wildman–Crippen LogP) is 3.20. The van der Waals surface area contributed by atoms with E-state index < -0.39 is 0 Å². The van der Waals surface area contributed by atoms with Crippen LogP contribution in [-0.4, -0.2) is 19.0 Å². The van der Waals surface area contributed by atoms with Crippen LogP contribution in [0.5, 0.6) is 0 Å². The van der Waals surface area contributed by atoms with E-state index in [1.54, 1.807) is 0 Å². The SMILES string of the molecule is C/C=C/CNCC1CCCCC1CCl. The average Bonchev–Trinajstić information content (AvgIpc) is 2.25. The molecule has 0 spiro atoms. The van der Waals surface area contributed by atoms with Crippen molar-refractivity contribution < 1.29 is 0 Å². The second kappa shape index (κ2) is 7.30. The highest BCUT2D eigenvalue weighted by Gasteiger charge is 2.23. The lowest BCUT2D eigenvalue weighted by molar-refractivity contribution is 0.253. The molecule has 1 aliphatic carbocycles. The molecule has 0 bridgehead atoms. The normalized spacial score (nSPS) is 28.4. The molecule has 1 saturated carbocycles. The maximum absolute atomic E-state index is 5.97. The summed E-state index contributed by atoms with van der Waals surface area (Å²) in [4.78, 5) is 0. The van der Waals surface area contributed by atoms with Crippen molar-refractivity contribution in [3.8, 4) is 0 Å². The maximum atomic E-state index is 5.97. The minimum atomic E-state index is 0.753.